The van der Waals surface area contributed by atoms with Crippen LogP contribution in [0, 0.1) is 6.92 Å². The lowest BCUT2D eigenvalue weighted by molar-refractivity contribution is 0.0718. The maximum absolute atomic E-state index is 12.4. The molecule has 1 fully saturated rings. The molecule has 1 N–H and O–H groups in total. The number of anilines is 1. The van der Waals surface area contributed by atoms with Crippen molar-refractivity contribution in [2.45, 2.75) is 25.8 Å². The summed E-state index contributed by atoms with van der Waals surface area (Å²) in [6.07, 6.45) is 1.99. The number of rotatable bonds is 3. The smallest absolute Gasteiger partial charge is 0.253 e. The Kier molecular flexibility index (Phi) is 4.42. The largest absolute Gasteiger partial charge is 0.382 e. The lowest BCUT2D eigenvalue weighted by atomic mass is 10.0. The molecule has 1 heterocycles. The van der Waals surface area contributed by atoms with Crippen molar-refractivity contribution >= 4 is 11.6 Å². The average Bonchev–Trinajstić information content (AvgIpc) is 2.56. The third-order valence-corrected chi connectivity index (χ3v) is 4.19. The Balaban J connectivity index is 1.55. The van der Waals surface area contributed by atoms with Crippen molar-refractivity contribution in [1.82, 2.24) is 4.90 Å². The summed E-state index contributed by atoms with van der Waals surface area (Å²) in [4.78, 5) is 14.4. The van der Waals surface area contributed by atoms with Crippen molar-refractivity contribution in [3.8, 4) is 0 Å². The van der Waals surface area contributed by atoms with Gasteiger partial charge in [0.1, 0.15) is 0 Å². The van der Waals surface area contributed by atoms with Gasteiger partial charge in [-0.15, -0.1) is 0 Å². The Morgan fingerprint density at radius 2 is 1.77 bits per heavy atom. The number of carbonyl (C=O) groups is 1. The highest BCUT2D eigenvalue weighted by molar-refractivity contribution is 5.94. The standard InChI is InChI=1S/C19H22N2O/c1-15-6-5-9-18(14-15)20-17-10-12-21(13-11-17)19(22)16-7-3-2-4-8-16/h2-9,14,17,20H,10-13H2,1H3. The quantitative estimate of drug-likeness (QED) is 0.936. The van der Waals surface area contributed by atoms with Crippen molar-refractivity contribution in [2.24, 2.45) is 0 Å². The molecule has 22 heavy (non-hydrogen) atoms. The van der Waals surface area contributed by atoms with Gasteiger partial charge in [-0.2, -0.15) is 0 Å². The first kappa shape index (κ1) is 14.6. The maximum atomic E-state index is 12.4. The van der Waals surface area contributed by atoms with Gasteiger partial charge in [0, 0.05) is 30.4 Å². The van der Waals surface area contributed by atoms with E-state index in [1.165, 1.54) is 11.3 Å². The highest BCUT2D eigenvalue weighted by Gasteiger charge is 2.23. The van der Waals surface area contributed by atoms with Crippen molar-refractivity contribution in [2.75, 3.05) is 18.4 Å². The number of nitrogens with one attached hydrogen (secondary N) is 1. The molecular formula is C19H22N2O. The van der Waals surface area contributed by atoms with Gasteiger partial charge in [-0.1, -0.05) is 30.3 Å². The molecule has 0 aromatic heterocycles. The van der Waals surface area contributed by atoms with Crippen LogP contribution in [0.5, 0.6) is 0 Å². The molecule has 1 amide bonds. The molecule has 0 bridgehead atoms. The average molecular weight is 294 g/mol. The van der Waals surface area contributed by atoms with E-state index in [4.69, 9.17) is 0 Å². The van der Waals surface area contributed by atoms with Gasteiger partial charge in [-0.25, -0.2) is 0 Å². The second-order valence-electron chi connectivity index (χ2n) is 5.95. The lowest BCUT2D eigenvalue weighted by Crippen LogP contribution is -2.42. The monoisotopic (exact) mass is 294 g/mol. The van der Waals surface area contributed by atoms with Gasteiger partial charge in [0.15, 0.2) is 0 Å². The molecule has 0 aliphatic carbocycles. The molecule has 1 aliphatic rings. The Labute approximate surface area is 132 Å². The van der Waals surface area contributed by atoms with Crippen LogP contribution in [0.25, 0.3) is 0 Å². The molecule has 2 aromatic rings. The fraction of sp³-hybridized carbons (Fsp3) is 0.316. The van der Waals surface area contributed by atoms with E-state index < -0.39 is 0 Å². The number of aryl methyl sites for hydroxylation is 1. The van der Waals surface area contributed by atoms with Crippen molar-refractivity contribution in [3.05, 3.63) is 65.7 Å². The summed E-state index contributed by atoms with van der Waals surface area (Å²) in [7, 11) is 0. The summed E-state index contributed by atoms with van der Waals surface area (Å²) < 4.78 is 0. The van der Waals surface area contributed by atoms with E-state index in [-0.39, 0.29) is 5.91 Å². The van der Waals surface area contributed by atoms with Crippen LogP contribution in [0.3, 0.4) is 0 Å². The zero-order valence-electron chi connectivity index (χ0n) is 13.0. The van der Waals surface area contributed by atoms with Gasteiger partial charge in [0.2, 0.25) is 0 Å². The Morgan fingerprint density at radius 1 is 1.05 bits per heavy atom. The zero-order valence-corrected chi connectivity index (χ0v) is 13.0. The van der Waals surface area contributed by atoms with Crippen LogP contribution in [-0.4, -0.2) is 29.9 Å². The minimum atomic E-state index is 0.148. The summed E-state index contributed by atoms with van der Waals surface area (Å²) in [5.74, 6) is 0.148. The first-order valence-electron chi connectivity index (χ1n) is 7.90. The van der Waals surface area contributed by atoms with E-state index in [1.807, 2.05) is 35.2 Å². The molecule has 3 nitrogen and oxygen atoms in total. The van der Waals surface area contributed by atoms with Crippen molar-refractivity contribution in [3.63, 3.8) is 0 Å². The number of hydrogen-bond donors (Lipinski definition) is 1. The third-order valence-electron chi connectivity index (χ3n) is 4.19. The van der Waals surface area contributed by atoms with E-state index in [1.54, 1.807) is 0 Å². The molecule has 3 heteroatoms. The predicted molar refractivity (Wildman–Crippen MR) is 90.2 cm³/mol. The molecule has 1 aliphatic heterocycles. The number of nitrogens with zero attached hydrogens (tertiary/aromatic N) is 1. The van der Waals surface area contributed by atoms with Crippen LogP contribution >= 0.6 is 0 Å². The maximum Gasteiger partial charge on any atom is 0.253 e. The molecule has 0 atom stereocenters. The number of amides is 1. The topological polar surface area (TPSA) is 32.3 Å². The van der Waals surface area contributed by atoms with E-state index in [0.29, 0.717) is 6.04 Å². The number of likely N-dealkylation sites (tertiary alicyclic amines) is 1. The fourth-order valence-electron chi connectivity index (χ4n) is 2.96. The molecule has 114 valence electrons. The number of hydrogen-bond acceptors (Lipinski definition) is 2. The van der Waals surface area contributed by atoms with E-state index in [0.717, 1.165) is 31.5 Å². The summed E-state index contributed by atoms with van der Waals surface area (Å²) in [5, 5.41) is 3.58. The Morgan fingerprint density at radius 3 is 2.45 bits per heavy atom. The molecule has 0 spiro atoms. The lowest BCUT2D eigenvalue weighted by Gasteiger charge is -2.33. The zero-order chi connectivity index (χ0) is 15.4. The fourth-order valence-corrected chi connectivity index (χ4v) is 2.96. The van der Waals surface area contributed by atoms with Gasteiger partial charge in [0.05, 0.1) is 0 Å². The van der Waals surface area contributed by atoms with Gasteiger partial charge in [-0.05, 0) is 49.6 Å². The third kappa shape index (κ3) is 3.48. The summed E-state index contributed by atoms with van der Waals surface area (Å²) in [6, 6.07) is 18.4. The molecule has 0 radical (unpaired) electrons. The van der Waals surface area contributed by atoms with Crippen LogP contribution < -0.4 is 5.32 Å². The Hall–Kier alpha value is -2.29. The van der Waals surface area contributed by atoms with Crippen LogP contribution in [0.15, 0.2) is 54.6 Å². The molecule has 3 rings (SSSR count). The van der Waals surface area contributed by atoms with Crippen LogP contribution in [-0.2, 0) is 0 Å². The van der Waals surface area contributed by atoms with Gasteiger partial charge < -0.3 is 10.2 Å². The van der Waals surface area contributed by atoms with Crippen molar-refractivity contribution in [1.29, 1.82) is 0 Å². The second-order valence-corrected chi connectivity index (χ2v) is 5.95. The number of benzene rings is 2. The molecular weight excluding hydrogens is 272 g/mol. The number of piperidine rings is 1. The van der Waals surface area contributed by atoms with Crippen LogP contribution in [0.4, 0.5) is 5.69 Å². The first-order chi connectivity index (χ1) is 10.7. The minimum absolute atomic E-state index is 0.148. The first-order valence-corrected chi connectivity index (χ1v) is 7.90. The summed E-state index contributed by atoms with van der Waals surface area (Å²) in [5.41, 5.74) is 3.22. The Bertz CT molecular complexity index is 631. The highest BCUT2D eigenvalue weighted by Crippen LogP contribution is 2.19. The van der Waals surface area contributed by atoms with Gasteiger partial charge in [0.25, 0.3) is 5.91 Å². The highest BCUT2D eigenvalue weighted by atomic mass is 16.2. The van der Waals surface area contributed by atoms with Crippen LogP contribution in [0.1, 0.15) is 28.8 Å². The van der Waals surface area contributed by atoms with E-state index >= 15 is 0 Å². The van der Waals surface area contributed by atoms with Crippen LogP contribution in [0.2, 0.25) is 0 Å². The van der Waals surface area contributed by atoms with Gasteiger partial charge >= 0.3 is 0 Å². The molecule has 0 unspecified atom stereocenters. The van der Waals surface area contributed by atoms with Gasteiger partial charge in [-0.3, -0.25) is 4.79 Å². The molecule has 2 aromatic carbocycles. The summed E-state index contributed by atoms with van der Waals surface area (Å²) in [6.45, 7) is 3.74. The van der Waals surface area contributed by atoms with E-state index in [2.05, 4.69) is 36.5 Å². The molecule has 1 saturated heterocycles. The van der Waals surface area contributed by atoms with E-state index in [9.17, 15) is 4.79 Å². The van der Waals surface area contributed by atoms with Crippen molar-refractivity contribution < 1.29 is 4.79 Å². The predicted octanol–water partition coefficient (Wildman–Crippen LogP) is 3.71. The second kappa shape index (κ2) is 6.65. The minimum Gasteiger partial charge on any atom is -0.382 e. The normalized spacial score (nSPS) is 15.6. The number of carbonyl (C=O) groups excluding carboxylic acids is 1. The molecule has 0 saturated carbocycles. The summed E-state index contributed by atoms with van der Waals surface area (Å²) >= 11 is 0. The SMILES string of the molecule is Cc1cccc(NC2CCN(C(=O)c3ccccc3)CC2)c1.